The van der Waals surface area contributed by atoms with Crippen LogP contribution in [-0.2, 0) is 18.0 Å². The summed E-state index contributed by atoms with van der Waals surface area (Å²) in [5.74, 6) is 0. The van der Waals surface area contributed by atoms with Crippen molar-refractivity contribution in [3.8, 4) is 0 Å². The molecule has 7 heteroatoms. The van der Waals surface area contributed by atoms with Gasteiger partial charge in [-0.2, -0.15) is 0 Å². The van der Waals surface area contributed by atoms with E-state index in [0.717, 1.165) is 0 Å². The lowest BCUT2D eigenvalue weighted by atomic mass is 10.8. The maximum Gasteiger partial charge on any atom is 0.504 e. The standard InChI is InChI=1S/C7H15IO4SSi/c1-6(13)12-7(8)5-14(9-2,10-3)11-4/h7H,5H2,1-4H3. The van der Waals surface area contributed by atoms with E-state index in [0.29, 0.717) is 11.1 Å². The minimum atomic E-state index is -2.54. The van der Waals surface area contributed by atoms with Crippen molar-refractivity contribution in [1.82, 2.24) is 0 Å². The molecule has 84 valence electrons. The van der Waals surface area contributed by atoms with Crippen molar-refractivity contribution in [1.29, 1.82) is 0 Å². The van der Waals surface area contributed by atoms with E-state index in [1.54, 1.807) is 28.3 Å². The molecular weight excluding hydrogens is 335 g/mol. The SMILES string of the molecule is CO[Si](CC(I)OC(C)=S)(OC)OC. The monoisotopic (exact) mass is 350 g/mol. The van der Waals surface area contributed by atoms with Gasteiger partial charge in [0.1, 0.15) is 0 Å². The fraction of sp³-hybridized carbons (Fsp3) is 0.857. The summed E-state index contributed by atoms with van der Waals surface area (Å²) in [5.41, 5.74) is 0. The van der Waals surface area contributed by atoms with Crippen molar-refractivity contribution in [2.24, 2.45) is 0 Å². The summed E-state index contributed by atoms with van der Waals surface area (Å²) in [4.78, 5) is 0. The molecule has 0 saturated carbocycles. The van der Waals surface area contributed by atoms with E-state index in [2.05, 4.69) is 22.6 Å². The van der Waals surface area contributed by atoms with Crippen LogP contribution in [-0.4, -0.2) is 39.3 Å². The first kappa shape index (κ1) is 14.7. The summed E-state index contributed by atoms with van der Waals surface area (Å²) in [6.45, 7) is 1.73. The Morgan fingerprint density at radius 1 is 1.29 bits per heavy atom. The number of hydrogen-bond acceptors (Lipinski definition) is 5. The lowest BCUT2D eigenvalue weighted by Crippen LogP contribution is -2.45. The molecule has 0 rings (SSSR count). The van der Waals surface area contributed by atoms with Crippen LogP contribution in [0, 0.1) is 0 Å². The number of alkyl halides is 1. The fourth-order valence-corrected chi connectivity index (χ4v) is 4.68. The molecule has 0 aliphatic rings. The van der Waals surface area contributed by atoms with Crippen LogP contribution in [0.5, 0.6) is 0 Å². The zero-order valence-electron chi connectivity index (χ0n) is 8.70. The van der Waals surface area contributed by atoms with Crippen LogP contribution >= 0.6 is 34.8 Å². The second kappa shape index (κ2) is 7.07. The molecule has 0 bridgehead atoms. The molecule has 0 aromatic carbocycles. The van der Waals surface area contributed by atoms with Gasteiger partial charge in [0.15, 0.2) is 9.16 Å². The molecule has 4 nitrogen and oxygen atoms in total. The van der Waals surface area contributed by atoms with Crippen molar-refractivity contribution in [3.63, 3.8) is 0 Å². The number of halogens is 1. The Balaban J connectivity index is 4.21. The van der Waals surface area contributed by atoms with E-state index in [1.807, 2.05) is 0 Å². The molecule has 0 amide bonds. The van der Waals surface area contributed by atoms with Gasteiger partial charge in [-0.1, -0.05) is 0 Å². The Kier molecular flexibility index (Phi) is 7.43. The molecule has 1 atom stereocenters. The van der Waals surface area contributed by atoms with Crippen molar-refractivity contribution in [2.75, 3.05) is 21.3 Å². The highest BCUT2D eigenvalue weighted by Gasteiger charge is 2.40. The van der Waals surface area contributed by atoms with Gasteiger partial charge < -0.3 is 18.0 Å². The van der Waals surface area contributed by atoms with Crippen LogP contribution in [0.25, 0.3) is 0 Å². The zero-order chi connectivity index (χ0) is 11.2. The Hall–Kier alpha value is 0.717. The first-order valence-electron chi connectivity index (χ1n) is 3.96. The van der Waals surface area contributed by atoms with Gasteiger partial charge in [0.2, 0.25) is 0 Å². The van der Waals surface area contributed by atoms with Crippen LogP contribution in [0.3, 0.4) is 0 Å². The fourth-order valence-electron chi connectivity index (χ4n) is 0.918. The Bertz CT molecular complexity index is 180. The lowest BCUT2D eigenvalue weighted by Gasteiger charge is -2.26. The number of ether oxygens (including phenoxy) is 1. The molecule has 1 unspecified atom stereocenters. The highest BCUT2D eigenvalue weighted by Crippen LogP contribution is 2.21. The second-order valence-electron chi connectivity index (χ2n) is 2.52. The molecule has 0 heterocycles. The summed E-state index contributed by atoms with van der Waals surface area (Å²) in [7, 11) is 2.19. The smallest absolute Gasteiger partial charge is 0.474 e. The Labute approximate surface area is 105 Å². The van der Waals surface area contributed by atoms with Gasteiger partial charge in [-0.15, -0.1) is 0 Å². The lowest BCUT2D eigenvalue weighted by molar-refractivity contribution is 0.115. The summed E-state index contributed by atoms with van der Waals surface area (Å²) in [6.07, 6.45) is 0. The van der Waals surface area contributed by atoms with Gasteiger partial charge >= 0.3 is 8.80 Å². The van der Waals surface area contributed by atoms with Crippen LogP contribution in [0.15, 0.2) is 0 Å². The minimum absolute atomic E-state index is 0.0865. The van der Waals surface area contributed by atoms with Gasteiger partial charge in [-0.25, -0.2) is 0 Å². The molecule has 0 saturated heterocycles. The summed E-state index contributed by atoms with van der Waals surface area (Å²) < 4.78 is 21.0. The van der Waals surface area contributed by atoms with Crippen molar-refractivity contribution in [2.45, 2.75) is 17.1 Å². The summed E-state index contributed by atoms with van der Waals surface area (Å²) >= 11 is 6.97. The average molecular weight is 350 g/mol. The van der Waals surface area contributed by atoms with Gasteiger partial charge in [-0.3, -0.25) is 0 Å². The van der Waals surface area contributed by atoms with E-state index in [1.165, 1.54) is 0 Å². The Morgan fingerprint density at radius 3 is 2.00 bits per heavy atom. The Morgan fingerprint density at radius 2 is 1.71 bits per heavy atom. The van der Waals surface area contributed by atoms with Crippen LogP contribution in [0.4, 0.5) is 0 Å². The van der Waals surface area contributed by atoms with E-state index in [-0.39, 0.29) is 4.11 Å². The summed E-state index contributed by atoms with van der Waals surface area (Å²) in [6, 6.07) is 0.574. The van der Waals surface area contributed by atoms with Gasteiger partial charge in [0.25, 0.3) is 0 Å². The molecule has 14 heavy (non-hydrogen) atoms. The van der Waals surface area contributed by atoms with E-state index < -0.39 is 8.80 Å². The third-order valence-corrected chi connectivity index (χ3v) is 6.00. The average Bonchev–Trinajstić information content (AvgIpc) is 2.13. The largest absolute Gasteiger partial charge is 0.504 e. The number of hydrogen-bond donors (Lipinski definition) is 0. The van der Waals surface area contributed by atoms with E-state index >= 15 is 0 Å². The molecular formula is C7H15IO4SSi. The van der Waals surface area contributed by atoms with E-state index in [9.17, 15) is 0 Å². The third kappa shape index (κ3) is 4.98. The first-order chi connectivity index (χ1) is 6.49. The third-order valence-electron chi connectivity index (χ3n) is 1.64. The second-order valence-corrected chi connectivity index (χ2v) is 7.48. The predicted molar refractivity (Wildman–Crippen MR) is 68.8 cm³/mol. The van der Waals surface area contributed by atoms with Gasteiger partial charge in [0.05, 0.1) is 6.04 Å². The molecule has 0 aliphatic carbocycles. The predicted octanol–water partition coefficient (Wildman–Crippen LogP) is 1.99. The van der Waals surface area contributed by atoms with Crippen molar-refractivity contribution < 1.29 is 18.0 Å². The molecule has 0 radical (unpaired) electrons. The maximum absolute atomic E-state index is 5.32. The highest BCUT2D eigenvalue weighted by atomic mass is 127. The highest BCUT2D eigenvalue weighted by molar-refractivity contribution is 14.1. The number of thiocarbonyl (C=S) groups is 1. The van der Waals surface area contributed by atoms with Crippen molar-refractivity contribution >= 4 is 48.7 Å². The minimum Gasteiger partial charge on any atom is -0.474 e. The first-order valence-corrected chi connectivity index (χ1v) is 7.55. The van der Waals surface area contributed by atoms with Gasteiger partial charge in [-0.05, 0) is 34.8 Å². The van der Waals surface area contributed by atoms with Crippen LogP contribution < -0.4 is 0 Å². The maximum atomic E-state index is 5.32. The van der Waals surface area contributed by atoms with E-state index in [4.69, 9.17) is 30.2 Å². The summed E-state index contributed by atoms with van der Waals surface area (Å²) in [5, 5.41) is 0.510. The topological polar surface area (TPSA) is 36.9 Å². The van der Waals surface area contributed by atoms with Gasteiger partial charge in [0, 0.05) is 28.3 Å². The molecule has 0 spiro atoms. The van der Waals surface area contributed by atoms with Crippen molar-refractivity contribution in [3.05, 3.63) is 0 Å². The molecule has 0 aromatic rings. The number of rotatable bonds is 6. The zero-order valence-corrected chi connectivity index (χ0v) is 12.7. The van der Waals surface area contributed by atoms with Crippen LogP contribution in [0.2, 0.25) is 6.04 Å². The molecule has 0 fully saturated rings. The molecule has 0 N–H and O–H groups in total. The normalized spacial score (nSPS) is 13.8. The quantitative estimate of drug-likeness (QED) is 0.317. The van der Waals surface area contributed by atoms with Crippen LogP contribution in [0.1, 0.15) is 6.92 Å². The molecule has 0 aromatic heterocycles. The molecule has 0 aliphatic heterocycles.